The summed E-state index contributed by atoms with van der Waals surface area (Å²) in [6.07, 6.45) is 4.46. The molecule has 0 aliphatic carbocycles. The fourth-order valence-corrected chi connectivity index (χ4v) is 2.60. The van der Waals surface area contributed by atoms with Crippen LogP contribution >= 0.6 is 0 Å². The van der Waals surface area contributed by atoms with Gasteiger partial charge in [-0.3, -0.25) is 4.98 Å². The van der Waals surface area contributed by atoms with Crippen molar-refractivity contribution in [3.63, 3.8) is 0 Å². The quantitative estimate of drug-likeness (QED) is 0.813. The van der Waals surface area contributed by atoms with Gasteiger partial charge < -0.3 is 9.47 Å². The predicted molar refractivity (Wildman–Crippen MR) is 84.5 cm³/mol. The van der Waals surface area contributed by atoms with Gasteiger partial charge in [-0.05, 0) is 37.3 Å². The normalized spacial score (nSPS) is 16.6. The van der Waals surface area contributed by atoms with Gasteiger partial charge in [0.05, 0.1) is 18.4 Å². The van der Waals surface area contributed by atoms with E-state index in [1.54, 1.807) is 13.3 Å². The van der Waals surface area contributed by atoms with E-state index >= 15 is 0 Å². The van der Waals surface area contributed by atoms with Crippen molar-refractivity contribution in [2.75, 3.05) is 7.11 Å². The minimum absolute atomic E-state index is 0.134. The Balaban J connectivity index is 2.10. The molecule has 0 spiro atoms. The Bertz CT molecular complexity index is 761. The van der Waals surface area contributed by atoms with Crippen LogP contribution in [0, 0.1) is 11.3 Å². The van der Waals surface area contributed by atoms with Crippen LogP contribution in [0.2, 0.25) is 0 Å². The van der Waals surface area contributed by atoms with E-state index in [4.69, 9.17) is 9.47 Å². The standard InChI is InChI=1S/C18H16N2O2/c1-12-7-13-9-16(21-2)10-14(18(13)22-12)8-15(11-19)17-5-3-4-6-20-17/h3-6,8-10,12H,7H2,1-2H3. The molecule has 1 aromatic heterocycles. The lowest BCUT2D eigenvalue weighted by molar-refractivity contribution is 0.254. The lowest BCUT2D eigenvalue weighted by Gasteiger charge is -2.09. The van der Waals surface area contributed by atoms with Gasteiger partial charge in [-0.25, -0.2) is 0 Å². The first-order chi connectivity index (χ1) is 10.7. The molecule has 22 heavy (non-hydrogen) atoms. The number of pyridine rings is 1. The van der Waals surface area contributed by atoms with E-state index in [9.17, 15) is 5.26 Å². The third-order valence-corrected chi connectivity index (χ3v) is 3.59. The van der Waals surface area contributed by atoms with Gasteiger partial charge in [0.1, 0.15) is 23.7 Å². The Morgan fingerprint density at radius 1 is 1.45 bits per heavy atom. The number of rotatable bonds is 3. The first-order valence-corrected chi connectivity index (χ1v) is 7.12. The summed E-state index contributed by atoms with van der Waals surface area (Å²) < 4.78 is 11.2. The maximum atomic E-state index is 9.44. The van der Waals surface area contributed by atoms with Crippen LogP contribution < -0.4 is 9.47 Å². The number of benzene rings is 1. The van der Waals surface area contributed by atoms with E-state index in [-0.39, 0.29) is 6.10 Å². The Morgan fingerprint density at radius 2 is 2.32 bits per heavy atom. The van der Waals surface area contributed by atoms with Crippen molar-refractivity contribution in [3.05, 3.63) is 53.3 Å². The number of hydrogen-bond donors (Lipinski definition) is 0. The summed E-state index contributed by atoms with van der Waals surface area (Å²) in [5, 5.41) is 9.44. The molecular weight excluding hydrogens is 276 g/mol. The van der Waals surface area contributed by atoms with Crippen LogP contribution in [0.5, 0.6) is 11.5 Å². The van der Waals surface area contributed by atoms with Gasteiger partial charge in [-0.1, -0.05) is 6.07 Å². The van der Waals surface area contributed by atoms with Crippen molar-refractivity contribution in [2.45, 2.75) is 19.4 Å². The molecule has 4 heteroatoms. The second-order valence-corrected chi connectivity index (χ2v) is 5.22. The average molecular weight is 292 g/mol. The number of nitriles is 1. The van der Waals surface area contributed by atoms with Gasteiger partial charge in [0, 0.05) is 23.7 Å². The molecule has 2 heterocycles. The number of hydrogen-bond acceptors (Lipinski definition) is 4. The first-order valence-electron chi connectivity index (χ1n) is 7.12. The van der Waals surface area contributed by atoms with Gasteiger partial charge in [-0.2, -0.15) is 5.26 Å². The minimum Gasteiger partial charge on any atom is -0.497 e. The van der Waals surface area contributed by atoms with Crippen LogP contribution in [0.4, 0.5) is 0 Å². The number of fused-ring (bicyclic) bond motifs is 1. The highest BCUT2D eigenvalue weighted by molar-refractivity contribution is 5.90. The third kappa shape index (κ3) is 2.66. The van der Waals surface area contributed by atoms with E-state index < -0.39 is 0 Å². The van der Waals surface area contributed by atoms with Gasteiger partial charge in [0.15, 0.2) is 0 Å². The maximum Gasteiger partial charge on any atom is 0.130 e. The van der Waals surface area contributed by atoms with E-state index in [0.717, 1.165) is 29.0 Å². The number of allylic oxidation sites excluding steroid dienone is 1. The van der Waals surface area contributed by atoms with Gasteiger partial charge >= 0.3 is 0 Å². The van der Waals surface area contributed by atoms with Gasteiger partial charge in [0.2, 0.25) is 0 Å². The zero-order valence-electron chi connectivity index (χ0n) is 12.5. The molecule has 1 atom stereocenters. The molecule has 0 saturated carbocycles. The molecule has 0 amide bonds. The molecule has 1 unspecified atom stereocenters. The van der Waals surface area contributed by atoms with Crippen molar-refractivity contribution in [2.24, 2.45) is 0 Å². The summed E-state index contributed by atoms with van der Waals surface area (Å²) in [6.45, 7) is 2.03. The molecule has 0 N–H and O–H groups in total. The molecule has 1 aromatic carbocycles. The Labute approximate surface area is 129 Å². The molecule has 0 radical (unpaired) electrons. The lowest BCUT2D eigenvalue weighted by Crippen LogP contribution is -2.05. The highest BCUT2D eigenvalue weighted by Crippen LogP contribution is 2.37. The SMILES string of the molecule is COc1cc(C=C(C#N)c2ccccn2)c2c(c1)CC(C)O2. The minimum atomic E-state index is 0.134. The molecule has 0 fully saturated rings. The number of ether oxygens (including phenoxy) is 2. The summed E-state index contributed by atoms with van der Waals surface area (Å²) in [5.74, 6) is 1.60. The van der Waals surface area contributed by atoms with Crippen LogP contribution in [0.1, 0.15) is 23.7 Å². The van der Waals surface area contributed by atoms with Crippen LogP contribution in [0.25, 0.3) is 11.6 Å². The van der Waals surface area contributed by atoms with E-state index in [0.29, 0.717) is 11.3 Å². The second-order valence-electron chi connectivity index (χ2n) is 5.22. The van der Waals surface area contributed by atoms with E-state index in [2.05, 4.69) is 11.1 Å². The molecule has 0 bridgehead atoms. The van der Waals surface area contributed by atoms with Gasteiger partial charge in [-0.15, -0.1) is 0 Å². The van der Waals surface area contributed by atoms with Gasteiger partial charge in [0.25, 0.3) is 0 Å². The molecule has 2 aromatic rings. The van der Waals surface area contributed by atoms with Crippen molar-refractivity contribution in [3.8, 4) is 17.6 Å². The molecule has 4 nitrogen and oxygen atoms in total. The highest BCUT2D eigenvalue weighted by Gasteiger charge is 2.23. The summed E-state index contributed by atoms with van der Waals surface area (Å²) in [5.41, 5.74) is 3.10. The summed E-state index contributed by atoms with van der Waals surface area (Å²) in [4.78, 5) is 4.23. The third-order valence-electron chi connectivity index (χ3n) is 3.59. The molecule has 1 aliphatic heterocycles. The van der Waals surface area contributed by atoms with Crippen molar-refractivity contribution >= 4 is 11.6 Å². The first kappa shape index (κ1) is 14.2. The summed E-state index contributed by atoms with van der Waals surface area (Å²) in [6, 6.07) is 11.6. The molecular formula is C18H16N2O2. The highest BCUT2D eigenvalue weighted by atomic mass is 16.5. The predicted octanol–water partition coefficient (Wildman–Crippen LogP) is 3.48. The molecule has 3 rings (SSSR count). The monoisotopic (exact) mass is 292 g/mol. The van der Waals surface area contributed by atoms with E-state index in [1.165, 1.54) is 0 Å². The fraction of sp³-hybridized carbons (Fsp3) is 0.222. The number of nitrogens with zero attached hydrogens (tertiary/aromatic N) is 2. The van der Waals surface area contributed by atoms with Crippen molar-refractivity contribution < 1.29 is 9.47 Å². The Kier molecular flexibility index (Phi) is 3.80. The summed E-state index contributed by atoms with van der Waals surface area (Å²) >= 11 is 0. The van der Waals surface area contributed by atoms with Crippen LogP contribution in [0.3, 0.4) is 0 Å². The smallest absolute Gasteiger partial charge is 0.130 e. The molecule has 110 valence electrons. The van der Waals surface area contributed by atoms with E-state index in [1.807, 2.05) is 43.3 Å². The van der Waals surface area contributed by atoms with Crippen molar-refractivity contribution in [1.82, 2.24) is 4.98 Å². The fourth-order valence-electron chi connectivity index (χ4n) is 2.60. The zero-order valence-corrected chi connectivity index (χ0v) is 12.5. The van der Waals surface area contributed by atoms with Crippen LogP contribution in [0.15, 0.2) is 36.5 Å². The molecule has 0 saturated heterocycles. The van der Waals surface area contributed by atoms with Crippen LogP contribution in [-0.2, 0) is 6.42 Å². The summed E-state index contributed by atoms with van der Waals surface area (Å²) in [7, 11) is 1.64. The largest absolute Gasteiger partial charge is 0.497 e. The van der Waals surface area contributed by atoms with Crippen LogP contribution in [-0.4, -0.2) is 18.2 Å². The Hall–Kier alpha value is -2.80. The second kappa shape index (κ2) is 5.90. The lowest BCUT2D eigenvalue weighted by atomic mass is 10.0. The van der Waals surface area contributed by atoms with Crippen molar-refractivity contribution in [1.29, 1.82) is 5.26 Å². The Morgan fingerprint density at radius 3 is 3.00 bits per heavy atom. The molecule has 1 aliphatic rings. The number of methoxy groups -OCH3 is 1. The number of aromatic nitrogens is 1. The topological polar surface area (TPSA) is 55.1 Å². The maximum absolute atomic E-state index is 9.44. The average Bonchev–Trinajstić information content (AvgIpc) is 2.93. The zero-order chi connectivity index (χ0) is 15.5.